The van der Waals surface area contributed by atoms with Gasteiger partial charge in [0, 0.05) is 29.0 Å². The Hall–Kier alpha value is -5.12. The molecule has 2 aromatic carbocycles. The third-order valence-electron chi connectivity index (χ3n) is 7.61. The van der Waals surface area contributed by atoms with Gasteiger partial charge in [0.15, 0.2) is 16.5 Å². The average Bonchev–Trinajstić information content (AvgIpc) is 3.76. The molecule has 2 aliphatic heterocycles. The van der Waals surface area contributed by atoms with Gasteiger partial charge < -0.3 is 20.6 Å². The number of anilines is 1. The van der Waals surface area contributed by atoms with Gasteiger partial charge in [-0.3, -0.25) is 14.5 Å². The maximum Gasteiger partial charge on any atom is 0.276 e. The van der Waals surface area contributed by atoms with E-state index in [9.17, 15) is 9.59 Å². The van der Waals surface area contributed by atoms with Crippen LogP contribution in [0.5, 0.6) is 0 Å². The van der Waals surface area contributed by atoms with Crippen LogP contribution in [0.3, 0.4) is 0 Å². The maximum atomic E-state index is 14.0. The lowest BCUT2D eigenvalue weighted by Crippen LogP contribution is -2.71. The van der Waals surface area contributed by atoms with Crippen LogP contribution in [0.25, 0.3) is 11.2 Å². The average molecular weight is 683 g/mol. The number of thioether (sulfide) groups is 1. The van der Waals surface area contributed by atoms with Crippen LogP contribution >= 0.6 is 35.3 Å². The number of β-lactam (4-membered cyclic amide) rings is 1. The smallest absolute Gasteiger partial charge is 0.276 e. The molecule has 1 fully saturated rings. The molecule has 0 bridgehead atoms. The summed E-state index contributed by atoms with van der Waals surface area (Å²) in [4.78, 5) is 42.7. The summed E-state index contributed by atoms with van der Waals surface area (Å²) in [6.45, 7) is 0. The first-order valence-corrected chi connectivity index (χ1v) is 16.7. The number of thiocarbonyl (C=S) groups is 1. The molecule has 5 heterocycles. The highest BCUT2D eigenvalue weighted by Crippen LogP contribution is 2.44. The van der Waals surface area contributed by atoms with Gasteiger partial charge in [0.25, 0.3) is 11.8 Å². The Balaban J connectivity index is 1.24. The van der Waals surface area contributed by atoms with Crippen LogP contribution in [-0.2, 0) is 19.2 Å². The van der Waals surface area contributed by atoms with E-state index in [1.165, 1.54) is 18.9 Å². The highest BCUT2D eigenvalue weighted by molar-refractivity contribution is 8.00. The molecule has 2 amide bonds. The molecular weight excluding hydrogens is 657 g/mol. The summed E-state index contributed by atoms with van der Waals surface area (Å²) in [5, 5.41) is 12.4. The molecule has 7 rings (SSSR count). The van der Waals surface area contributed by atoms with Crippen molar-refractivity contribution in [3.05, 3.63) is 119 Å². The van der Waals surface area contributed by atoms with Gasteiger partial charge in [-0.2, -0.15) is 5.10 Å². The van der Waals surface area contributed by atoms with E-state index in [1.807, 2.05) is 72.9 Å². The summed E-state index contributed by atoms with van der Waals surface area (Å²) in [6.07, 6.45) is 2.93. The van der Waals surface area contributed by atoms with Crippen molar-refractivity contribution in [1.29, 1.82) is 0 Å². The predicted octanol–water partition coefficient (Wildman–Crippen LogP) is 4.06. The number of nitrogen functional groups attached to an aromatic ring is 1. The standard InChI is InChI=1S/C32H26N8O4S3/c1-43-38-24(22-17-47-32(33)36-22)28(41)37-25-29(42)40-26(20(16-46-30(25)40)21-13-15-39-23(35-21)12-14-34-39)31(45)44-27(18-8-4-2-5-9-18)19-10-6-3-7-11-19/h2-15,17,25,27,30H,16H2,1H3,(H2,33,36)(H,37,41)/t25-,30-/m1/s1. The minimum Gasteiger partial charge on any atom is -0.469 e. The molecule has 0 unspecified atom stereocenters. The molecule has 0 radical (unpaired) electrons. The Kier molecular flexibility index (Phi) is 8.41. The number of rotatable bonds is 9. The van der Waals surface area contributed by atoms with Crippen LogP contribution in [0, 0.1) is 0 Å². The number of hydrogen-bond acceptors (Lipinski definition) is 12. The molecule has 2 atom stereocenters. The first kappa shape index (κ1) is 30.5. The third kappa shape index (κ3) is 5.84. The van der Waals surface area contributed by atoms with Crippen molar-refractivity contribution >= 4 is 74.2 Å². The van der Waals surface area contributed by atoms with Gasteiger partial charge in [0.1, 0.15) is 36.0 Å². The number of nitrogens with two attached hydrogens (primary N) is 1. The van der Waals surface area contributed by atoms with Crippen molar-refractivity contribution < 1.29 is 19.2 Å². The zero-order valence-corrected chi connectivity index (χ0v) is 27.2. The molecule has 1 saturated heterocycles. The first-order chi connectivity index (χ1) is 22.9. The fourth-order valence-electron chi connectivity index (χ4n) is 5.43. The second-order valence-corrected chi connectivity index (χ2v) is 12.8. The summed E-state index contributed by atoms with van der Waals surface area (Å²) < 4.78 is 8.28. The number of aromatic nitrogens is 4. The number of nitrogens with one attached hydrogen (secondary N) is 1. The van der Waals surface area contributed by atoms with Crippen LogP contribution in [0.2, 0.25) is 0 Å². The van der Waals surface area contributed by atoms with Gasteiger partial charge in [0.2, 0.25) is 5.05 Å². The Morgan fingerprint density at radius 2 is 1.81 bits per heavy atom. The van der Waals surface area contributed by atoms with Gasteiger partial charge in [-0.15, -0.1) is 23.1 Å². The van der Waals surface area contributed by atoms with E-state index in [0.717, 1.165) is 28.0 Å². The van der Waals surface area contributed by atoms with E-state index >= 15 is 0 Å². The highest BCUT2D eigenvalue weighted by Gasteiger charge is 2.54. The Morgan fingerprint density at radius 3 is 2.47 bits per heavy atom. The number of ether oxygens (including phenoxy) is 1. The number of hydrogen-bond donors (Lipinski definition) is 2. The Bertz CT molecular complexity index is 2010. The number of fused-ring (bicyclic) bond motifs is 2. The van der Waals surface area contributed by atoms with Crippen LogP contribution < -0.4 is 11.1 Å². The minimum absolute atomic E-state index is 0.0882. The quantitative estimate of drug-likeness (QED) is 0.101. The van der Waals surface area contributed by atoms with Crippen molar-refractivity contribution in [2.45, 2.75) is 17.5 Å². The zero-order valence-electron chi connectivity index (χ0n) is 24.7. The normalized spacial score (nSPS) is 17.8. The van der Waals surface area contributed by atoms with E-state index in [4.69, 9.17) is 32.5 Å². The molecule has 3 aromatic heterocycles. The van der Waals surface area contributed by atoms with Crippen molar-refractivity contribution in [3.63, 3.8) is 0 Å². The topological polar surface area (TPSA) is 149 Å². The van der Waals surface area contributed by atoms with Crippen molar-refractivity contribution in [3.8, 4) is 0 Å². The Morgan fingerprint density at radius 1 is 1.09 bits per heavy atom. The van der Waals surface area contributed by atoms with E-state index in [2.05, 4.69) is 20.6 Å². The molecule has 0 spiro atoms. The molecule has 12 nitrogen and oxygen atoms in total. The molecule has 0 aliphatic carbocycles. The number of amides is 2. The second kappa shape index (κ2) is 12.9. The number of benzene rings is 2. The van der Waals surface area contributed by atoms with Crippen molar-refractivity contribution in [2.24, 2.45) is 5.16 Å². The van der Waals surface area contributed by atoms with Crippen LogP contribution in [0.4, 0.5) is 5.13 Å². The van der Waals surface area contributed by atoms with Crippen LogP contribution in [-0.4, -0.2) is 71.3 Å². The molecule has 47 heavy (non-hydrogen) atoms. The lowest BCUT2D eigenvalue weighted by molar-refractivity contribution is -0.144. The lowest BCUT2D eigenvalue weighted by atomic mass is 10.00. The van der Waals surface area contributed by atoms with Gasteiger partial charge in [0.05, 0.1) is 11.9 Å². The molecule has 2 aliphatic rings. The number of nitrogens with zero attached hydrogens (tertiary/aromatic N) is 6. The molecule has 3 N–H and O–H groups in total. The van der Waals surface area contributed by atoms with E-state index in [0.29, 0.717) is 22.8 Å². The van der Waals surface area contributed by atoms with Crippen LogP contribution in [0.1, 0.15) is 28.6 Å². The summed E-state index contributed by atoms with van der Waals surface area (Å²) in [5.41, 5.74) is 10.2. The second-order valence-electron chi connectivity index (χ2n) is 10.4. The number of thiazole rings is 1. The van der Waals surface area contributed by atoms with Gasteiger partial charge >= 0.3 is 0 Å². The van der Waals surface area contributed by atoms with E-state index < -0.39 is 23.4 Å². The largest absolute Gasteiger partial charge is 0.469 e. The number of oxime groups is 1. The van der Waals surface area contributed by atoms with E-state index in [-0.39, 0.29) is 27.5 Å². The molecular formula is C32H26N8O4S3. The van der Waals surface area contributed by atoms with E-state index in [1.54, 1.807) is 27.1 Å². The lowest BCUT2D eigenvalue weighted by Gasteiger charge is -2.50. The number of carbonyl (C=O) groups is 2. The summed E-state index contributed by atoms with van der Waals surface area (Å²) >= 11 is 8.67. The summed E-state index contributed by atoms with van der Waals surface area (Å²) in [5.74, 6) is -0.531. The first-order valence-electron chi connectivity index (χ1n) is 14.4. The molecule has 5 aromatic rings. The third-order valence-corrected chi connectivity index (χ3v) is 9.85. The zero-order chi connectivity index (χ0) is 32.5. The van der Waals surface area contributed by atoms with Gasteiger partial charge in [-0.1, -0.05) is 65.8 Å². The molecule has 15 heteroatoms. The minimum atomic E-state index is -0.866. The summed E-state index contributed by atoms with van der Waals surface area (Å²) in [7, 11) is 1.32. The van der Waals surface area contributed by atoms with Crippen LogP contribution in [0.15, 0.2) is 101 Å². The predicted molar refractivity (Wildman–Crippen MR) is 183 cm³/mol. The fourth-order valence-corrected chi connectivity index (χ4v) is 7.66. The fraction of sp³-hybridized carbons (Fsp3) is 0.156. The number of carbonyl (C=O) groups excluding carboxylic acids is 2. The SMILES string of the molecule is CON=C(C(=O)N[C@@H]1C(=O)N2C(C(=S)OC(c3ccccc3)c3ccccc3)=C(c3ccn4nccc4n3)CS[C@H]12)c1csc(N)n1. The molecule has 0 saturated carbocycles. The van der Waals surface area contributed by atoms with Crippen molar-refractivity contribution in [2.75, 3.05) is 18.6 Å². The monoisotopic (exact) mass is 682 g/mol. The van der Waals surface area contributed by atoms with Gasteiger partial charge in [-0.25, -0.2) is 14.5 Å². The Labute approximate surface area is 282 Å². The molecule has 236 valence electrons. The van der Waals surface area contributed by atoms with Crippen molar-refractivity contribution in [1.82, 2.24) is 29.8 Å². The summed E-state index contributed by atoms with van der Waals surface area (Å²) in [6, 6.07) is 22.3. The highest BCUT2D eigenvalue weighted by atomic mass is 32.2. The van der Waals surface area contributed by atoms with Gasteiger partial charge in [-0.05, 0) is 29.4 Å². The maximum absolute atomic E-state index is 14.0.